The lowest BCUT2D eigenvalue weighted by Crippen LogP contribution is -1.90. The third-order valence-corrected chi connectivity index (χ3v) is 4.27. The summed E-state index contributed by atoms with van der Waals surface area (Å²) in [5.74, 6) is 1.46. The average molecular weight is 347 g/mol. The Morgan fingerprint density at radius 2 is 1.95 bits per heavy atom. The van der Waals surface area contributed by atoms with Crippen molar-refractivity contribution in [1.82, 2.24) is 19.8 Å². The van der Waals surface area contributed by atoms with Crippen LogP contribution in [0.4, 0.5) is 0 Å². The highest BCUT2D eigenvalue weighted by Crippen LogP contribution is 2.28. The van der Waals surface area contributed by atoms with Crippen LogP contribution in [-0.2, 0) is 0 Å². The van der Waals surface area contributed by atoms with Gasteiger partial charge >= 0.3 is 0 Å². The highest BCUT2D eigenvalue weighted by atomic mass is 79.9. The van der Waals surface area contributed by atoms with E-state index in [2.05, 4.69) is 31.2 Å². The van der Waals surface area contributed by atoms with Crippen molar-refractivity contribution in [2.75, 3.05) is 0 Å². The number of nitrogens with zero attached hydrogens (tertiary/aromatic N) is 4. The van der Waals surface area contributed by atoms with Crippen LogP contribution in [-0.4, -0.2) is 19.8 Å². The van der Waals surface area contributed by atoms with E-state index in [-0.39, 0.29) is 0 Å². The first-order valence-corrected chi connectivity index (χ1v) is 7.44. The molecule has 1 aromatic carbocycles. The molecule has 3 heterocycles. The second-order valence-corrected chi connectivity index (χ2v) is 5.98. The van der Waals surface area contributed by atoms with E-state index in [9.17, 15) is 0 Å². The van der Waals surface area contributed by atoms with Gasteiger partial charge in [-0.2, -0.15) is 4.52 Å². The molecule has 0 radical (unpaired) electrons. The number of furan rings is 1. The summed E-state index contributed by atoms with van der Waals surface area (Å²) in [7, 11) is 0. The van der Waals surface area contributed by atoms with Crippen LogP contribution < -0.4 is 0 Å². The van der Waals surface area contributed by atoms with Crippen molar-refractivity contribution in [3.63, 3.8) is 0 Å². The van der Waals surface area contributed by atoms with Crippen molar-refractivity contribution in [3.8, 4) is 22.2 Å². The van der Waals surface area contributed by atoms with Crippen LogP contribution in [0.5, 0.6) is 0 Å². The monoisotopic (exact) mass is 346 g/mol. The molecule has 3 aromatic heterocycles. The molecule has 0 bridgehead atoms. The number of fused-ring (bicyclic) bond motifs is 1. The fourth-order valence-electron chi connectivity index (χ4n) is 1.90. The lowest BCUT2D eigenvalue weighted by Gasteiger charge is -1.96. The predicted octanol–water partition coefficient (Wildman–Crippen LogP) is 3.88. The molecule has 0 aliphatic heterocycles. The minimum atomic E-state index is 0.724. The molecule has 5 nitrogen and oxygen atoms in total. The quantitative estimate of drug-likeness (QED) is 0.552. The Labute approximate surface area is 126 Å². The first-order valence-electron chi connectivity index (χ1n) is 5.83. The van der Waals surface area contributed by atoms with Crippen LogP contribution in [0, 0.1) is 0 Å². The van der Waals surface area contributed by atoms with Crippen molar-refractivity contribution in [1.29, 1.82) is 0 Å². The van der Waals surface area contributed by atoms with Crippen molar-refractivity contribution in [3.05, 3.63) is 47.1 Å². The number of rotatable bonds is 2. The maximum atomic E-state index is 5.36. The van der Waals surface area contributed by atoms with E-state index in [1.165, 1.54) is 11.3 Å². The molecule has 0 saturated heterocycles. The normalized spacial score (nSPS) is 11.2. The van der Waals surface area contributed by atoms with Gasteiger partial charge in [0.05, 0.1) is 6.26 Å². The topological polar surface area (TPSA) is 56.2 Å². The number of hydrogen-bond donors (Lipinski definition) is 0. The summed E-state index contributed by atoms with van der Waals surface area (Å²) in [4.78, 5) is 0.745. The van der Waals surface area contributed by atoms with Crippen LogP contribution in [0.25, 0.3) is 27.1 Å². The van der Waals surface area contributed by atoms with Gasteiger partial charge in [0.15, 0.2) is 16.6 Å². The lowest BCUT2D eigenvalue weighted by atomic mass is 10.2. The molecule has 98 valence electrons. The minimum absolute atomic E-state index is 0.724. The number of halogens is 1. The Balaban J connectivity index is 1.86. The van der Waals surface area contributed by atoms with Crippen molar-refractivity contribution in [2.24, 2.45) is 0 Å². The minimum Gasteiger partial charge on any atom is -0.462 e. The second kappa shape index (κ2) is 4.53. The Bertz CT molecular complexity index is 864. The van der Waals surface area contributed by atoms with E-state index >= 15 is 0 Å². The van der Waals surface area contributed by atoms with Crippen molar-refractivity contribution in [2.45, 2.75) is 0 Å². The zero-order valence-corrected chi connectivity index (χ0v) is 12.4. The van der Waals surface area contributed by atoms with Gasteiger partial charge in [-0.25, -0.2) is 0 Å². The molecule has 20 heavy (non-hydrogen) atoms. The highest BCUT2D eigenvalue weighted by molar-refractivity contribution is 9.10. The Kier molecular flexibility index (Phi) is 2.68. The zero-order valence-electron chi connectivity index (χ0n) is 10.0. The summed E-state index contributed by atoms with van der Waals surface area (Å²) in [5.41, 5.74) is 0.969. The standard InChI is InChI=1S/C13H7BrN4OS/c14-9-5-3-8(4-6-9)11-15-16-13-18(11)17-12(20-13)10-2-1-7-19-10/h1-7H. The van der Waals surface area contributed by atoms with Gasteiger partial charge in [-0.1, -0.05) is 39.4 Å². The van der Waals surface area contributed by atoms with Crippen LogP contribution in [0.1, 0.15) is 0 Å². The average Bonchev–Trinajstić information content (AvgIpc) is 3.15. The molecular formula is C13H7BrN4OS. The maximum Gasteiger partial charge on any atom is 0.235 e. The SMILES string of the molecule is Brc1ccc(-c2nnc3sc(-c4ccco4)nn23)cc1. The molecule has 4 rings (SSSR count). The molecule has 0 spiro atoms. The predicted molar refractivity (Wildman–Crippen MR) is 79.5 cm³/mol. The van der Waals surface area contributed by atoms with Crippen molar-refractivity contribution < 1.29 is 4.42 Å². The van der Waals surface area contributed by atoms with Gasteiger partial charge in [-0.15, -0.1) is 15.3 Å². The van der Waals surface area contributed by atoms with Crippen LogP contribution in [0.3, 0.4) is 0 Å². The molecule has 0 amide bonds. The molecule has 0 saturated carbocycles. The summed E-state index contributed by atoms with van der Waals surface area (Å²) in [6, 6.07) is 11.6. The van der Waals surface area contributed by atoms with Gasteiger partial charge in [-0.05, 0) is 24.3 Å². The molecular weight excluding hydrogens is 340 g/mol. The molecule has 0 aliphatic carbocycles. The Hall–Kier alpha value is -1.99. The third-order valence-electron chi connectivity index (χ3n) is 2.83. The van der Waals surface area contributed by atoms with E-state index in [1.54, 1.807) is 10.8 Å². The smallest absolute Gasteiger partial charge is 0.235 e. The first-order chi connectivity index (χ1) is 9.81. The van der Waals surface area contributed by atoms with Gasteiger partial charge in [0.25, 0.3) is 0 Å². The first kappa shape index (κ1) is 11.8. The third kappa shape index (κ3) is 1.86. The van der Waals surface area contributed by atoms with Gasteiger partial charge < -0.3 is 4.42 Å². The fraction of sp³-hybridized carbons (Fsp3) is 0. The molecule has 0 atom stereocenters. The highest BCUT2D eigenvalue weighted by Gasteiger charge is 2.15. The molecule has 7 heteroatoms. The largest absolute Gasteiger partial charge is 0.462 e. The van der Waals surface area contributed by atoms with E-state index in [0.717, 1.165) is 31.6 Å². The van der Waals surface area contributed by atoms with Gasteiger partial charge in [0, 0.05) is 10.0 Å². The molecule has 0 aliphatic rings. The summed E-state index contributed by atoms with van der Waals surface area (Å²) in [5, 5.41) is 13.7. The van der Waals surface area contributed by atoms with Gasteiger partial charge in [0.2, 0.25) is 4.96 Å². The van der Waals surface area contributed by atoms with Crippen LogP contribution >= 0.6 is 27.3 Å². The van der Waals surface area contributed by atoms with E-state index < -0.39 is 0 Å². The molecule has 4 aromatic rings. The van der Waals surface area contributed by atoms with Gasteiger partial charge in [0.1, 0.15) is 0 Å². The van der Waals surface area contributed by atoms with Crippen LogP contribution in [0.2, 0.25) is 0 Å². The lowest BCUT2D eigenvalue weighted by molar-refractivity contribution is 0.580. The number of hydrogen-bond acceptors (Lipinski definition) is 5. The fourth-order valence-corrected chi connectivity index (χ4v) is 2.97. The van der Waals surface area contributed by atoms with E-state index in [4.69, 9.17) is 4.42 Å². The number of aromatic nitrogens is 4. The van der Waals surface area contributed by atoms with E-state index in [0.29, 0.717) is 0 Å². The Morgan fingerprint density at radius 1 is 1.10 bits per heavy atom. The van der Waals surface area contributed by atoms with E-state index in [1.807, 2.05) is 36.4 Å². The van der Waals surface area contributed by atoms with Crippen molar-refractivity contribution >= 4 is 32.2 Å². The maximum absolute atomic E-state index is 5.36. The molecule has 0 N–H and O–H groups in total. The zero-order chi connectivity index (χ0) is 13.5. The molecule has 0 fully saturated rings. The number of benzene rings is 1. The molecule has 0 unspecified atom stereocenters. The second-order valence-electron chi connectivity index (χ2n) is 4.11. The summed E-state index contributed by atoms with van der Waals surface area (Å²) in [6.07, 6.45) is 1.63. The summed E-state index contributed by atoms with van der Waals surface area (Å²) >= 11 is 4.87. The van der Waals surface area contributed by atoms with Crippen LogP contribution in [0.15, 0.2) is 51.6 Å². The summed E-state index contributed by atoms with van der Waals surface area (Å²) < 4.78 is 8.13. The summed E-state index contributed by atoms with van der Waals surface area (Å²) in [6.45, 7) is 0. The van der Waals surface area contributed by atoms with Gasteiger partial charge in [-0.3, -0.25) is 0 Å². The Morgan fingerprint density at radius 3 is 2.70 bits per heavy atom.